The Kier molecular flexibility index (Phi) is 3.49. The largest absolute Gasteiger partial charge is 0.496 e. The molecule has 1 heterocycles. The van der Waals surface area contributed by atoms with Crippen molar-refractivity contribution in [1.29, 1.82) is 0 Å². The molecule has 0 aromatic heterocycles. The fourth-order valence-electron chi connectivity index (χ4n) is 2.47. The van der Waals surface area contributed by atoms with Gasteiger partial charge in [-0.3, -0.25) is 0 Å². The van der Waals surface area contributed by atoms with Gasteiger partial charge in [-0.05, 0) is 43.9 Å². The van der Waals surface area contributed by atoms with Crippen LogP contribution in [0.4, 0.5) is 0 Å². The molecule has 2 rings (SSSR count). The van der Waals surface area contributed by atoms with E-state index in [2.05, 4.69) is 36.9 Å². The van der Waals surface area contributed by atoms with Crippen LogP contribution in [0.3, 0.4) is 0 Å². The highest BCUT2D eigenvalue weighted by atomic mass is 16.5. The molecular formula is C14H21NO. The molecule has 1 aromatic rings. The predicted octanol–water partition coefficient (Wildman–Crippen LogP) is 2.50. The van der Waals surface area contributed by atoms with Gasteiger partial charge in [-0.15, -0.1) is 0 Å². The summed E-state index contributed by atoms with van der Waals surface area (Å²) in [6, 6.07) is 7.05. The molecule has 88 valence electrons. The highest BCUT2D eigenvalue weighted by molar-refractivity contribution is 5.41. The molecule has 0 unspecified atom stereocenters. The van der Waals surface area contributed by atoms with Gasteiger partial charge >= 0.3 is 0 Å². The van der Waals surface area contributed by atoms with Crippen molar-refractivity contribution in [3.8, 4) is 5.75 Å². The Morgan fingerprint density at radius 3 is 2.62 bits per heavy atom. The summed E-state index contributed by atoms with van der Waals surface area (Å²) in [5, 5.41) is 0. The molecule has 2 nitrogen and oxygen atoms in total. The summed E-state index contributed by atoms with van der Waals surface area (Å²) in [4.78, 5) is 2.54. The maximum atomic E-state index is 5.45. The summed E-state index contributed by atoms with van der Waals surface area (Å²) in [7, 11) is 1.76. The lowest BCUT2D eigenvalue weighted by Crippen LogP contribution is -2.33. The Bertz CT molecular complexity index is 360. The normalized spacial score (nSPS) is 17.0. The Morgan fingerprint density at radius 2 is 1.94 bits per heavy atom. The lowest BCUT2D eigenvalue weighted by atomic mass is 10.0. The van der Waals surface area contributed by atoms with Gasteiger partial charge in [0.15, 0.2) is 0 Å². The van der Waals surface area contributed by atoms with E-state index in [1.807, 2.05) is 0 Å². The SMILES string of the molecule is COc1cccc2c1CCN(C(C)C)CC2. The molecule has 1 aliphatic heterocycles. The van der Waals surface area contributed by atoms with Gasteiger partial charge in [-0.25, -0.2) is 0 Å². The minimum Gasteiger partial charge on any atom is -0.496 e. The Morgan fingerprint density at radius 1 is 1.19 bits per heavy atom. The second kappa shape index (κ2) is 4.88. The summed E-state index contributed by atoms with van der Waals surface area (Å²) in [5.41, 5.74) is 2.87. The van der Waals surface area contributed by atoms with Crippen LogP contribution in [0.15, 0.2) is 18.2 Å². The van der Waals surface area contributed by atoms with E-state index in [9.17, 15) is 0 Å². The molecule has 0 radical (unpaired) electrons. The first kappa shape index (κ1) is 11.5. The highest BCUT2D eigenvalue weighted by Crippen LogP contribution is 2.26. The summed E-state index contributed by atoms with van der Waals surface area (Å²) < 4.78 is 5.45. The summed E-state index contributed by atoms with van der Waals surface area (Å²) in [6.07, 6.45) is 2.25. The minimum absolute atomic E-state index is 0.639. The minimum atomic E-state index is 0.639. The highest BCUT2D eigenvalue weighted by Gasteiger charge is 2.18. The van der Waals surface area contributed by atoms with E-state index < -0.39 is 0 Å². The molecule has 0 bridgehead atoms. The first-order valence-electron chi connectivity index (χ1n) is 6.11. The van der Waals surface area contributed by atoms with Gasteiger partial charge in [-0.2, -0.15) is 0 Å². The van der Waals surface area contributed by atoms with E-state index >= 15 is 0 Å². The van der Waals surface area contributed by atoms with Crippen LogP contribution in [0.1, 0.15) is 25.0 Å². The van der Waals surface area contributed by atoms with Crippen molar-refractivity contribution >= 4 is 0 Å². The fraction of sp³-hybridized carbons (Fsp3) is 0.571. The van der Waals surface area contributed by atoms with Crippen molar-refractivity contribution in [2.75, 3.05) is 20.2 Å². The van der Waals surface area contributed by atoms with E-state index in [1.165, 1.54) is 11.1 Å². The van der Waals surface area contributed by atoms with Crippen molar-refractivity contribution < 1.29 is 4.74 Å². The molecule has 0 saturated carbocycles. The molecule has 0 amide bonds. The second-order valence-corrected chi connectivity index (χ2v) is 4.73. The van der Waals surface area contributed by atoms with E-state index in [1.54, 1.807) is 7.11 Å². The molecule has 0 atom stereocenters. The van der Waals surface area contributed by atoms with Gasteiger partial charge in [0.1, 0.15) is 5.75 Å². The van der Waals surface area contributed by atoms with Crippen LogP contribution in [0.25, 0.3) is 0 Å². The molecule has 16 heavy (non-hydrogen) atoms. The standard InChI is InChI=1S/C14H21NO/c1-11(2)15-9-7-12-5-4-6-14(16-3)13(12)8-10-15/h4-6,11H,7-10H2,1-3H3. The van der Waals surface area contributed by atoms with Crippen LogP contribution in [0.5, 0.6) is 5.75 Å². The third-order valence-corrected chi connectivity index (χ3v) is 3.50. The lowest BCUT2D eigenvalue weighted by molar-refractivity contribution is 0.232. The molecule has 0 N–H and O–H groups in total. The molecule has 0 aliphatic carbocycles. The van der Waals surface area contributed by atoms with Gasteiger partial charge in [0.25, 0.3) is 0 Å². The average molecular weight is 219 g/mol. The van der Waals surface area contributed by atoms with Crippen molar-refractivity contribution in [3.63, 3.8) is 0 Å². The number of hydrogen-bond acceptors (Lipinski definition) is 2. The van der Waals surface area contributed by atoms with Gasteiger partial charge < -0.3 is 9.64 Å². The molecule has 0 saturated heterocycles. The maximum absolute atomic E-state index is 5.45. The molecule has 1 aliphatic rings. The Balaban J connectivity index is 2.23. The van der Waals surface area contributed by atoms with Gasteiger partial charge in [0.05, 0.1) is 7.11 Å². The van der Waals surface area contributed by atoms with Crippen LogP contribution in [0, 0.1) is 0 Å². The van der Waals surface area contributed by atoms with E-state index in [4.69, 9.17) is 4.74 Å². The number of ether oxygens (including phenoxy) is 1. The number of benzene rings is 1. The van der Waals surface area contributed by atoms with Crippen molar-refractivity contribution in [2.24, 2.45) is 0 Å². The van der Waals surface area contributed by atoms with Crippen LogP contribution in [-0.4, -0.2) is 31.1 Å². The van der Waals surface area contributed by atoms with Crippen LogP contribution < -0.4 is 4.74 Å². The summed E-state index contributed by atoms with van der Waals surface area (Å²) >= 11 is 0. The molecule has 0 fully saturated rings. The topological polar surface area (TPSA) is 12.5 Å². The predicted molar refractivity (Wildman–Crippen MR) is 67.1 cm³/mol. The first-order valence-corrected chi connectivity index (χ1v) is 6.11. The second-order valence-electron chi connectivity index (χ2n) is 4.73. The number of nitrogens with zero attached hydrogens (tertiary/aromatic N) is 1. The number of hydrogen-bond donors (Lipinski definition) is 0. The summed E-state index contributed by atoms with van der Waals surface area (Å²) in [5.74, 6) is 1.06. The maximum Gasteiger partial charge on any atom is 0.122 e. The third kappa shape index (κ3) is 2.22. The molecule has 1 aromatic carbocycles. The smallest absolute Gasteiger partial charge is 0.122 e. The monoisotopic (exact) mass is 219 g/mol. The molecular weight excluding hydrogens is 198 g/mol. The Hall–Kier alpha value is -1.02. The van der Waals surface area contributed by atoms with Crippen LogP contribution in [-0.2, 0) is 12.8 Å². The number of rotatable bonds is 2. The van der Waals surface area contributed by atoms with Crippen LogP contribution >= 0.6 is 0 Å². The molecule has 0 spiro atoms. The fourth-order valence-corrected chi connectivity index (χ4v) is 2.47. The van der Waals surface area contributed by atoms with Crippen molar-refractivity contribution in [2.45, 2.75) is 32.7 Å². The van der Waals surface area contributed by atoms with Gasteiger partial charge in [0.2, 0.25) is 0 Å². The first-order chi connectivity index (χ1) is 7.72. The van der Waals surface area contributed by atoms with Crippen LogP contribution in [0.2, 0.25) is 0 Å². The number of methoxy groups -OCH3 is 1. The van der Waals surface area contributed by atoms with E-state index in [-0.39, 0.29) is 0 Å². The van der Waals surface area contributed by atoms with Gasteiger partial charge in [0, 0.05) is 19.1 Å². The number of fused-ring (bicyclic) bond motifs is 1. The summed E-state index contributed by atoms with van der Waals surface area (Å²) in [6.45, 7) is 6.85. The van der Waals surface area contributed by atoms with E-state index in [0.717, 1.165) is 31.7 Å². The zero-order chi connectivity index (χ0) is 11.5. The Labute approximate surface area is 98.2 Å². The lowest BCUT2D eigenvalue weighted by Gasteiger charge is -2.23. The zero-order valence-electron chi connectivity index (χ0n) is 10.5. The zero-order valence-corrected chi connectivity index (χ0v) is 10.5. The quantitative estimate of drug-likeness (QED) is 0.758. The van der Waals surface area contributed by atoms with Crippen molar-refractivity contribution in [1.82, 2.24) is 4.90 Å². The van der Waals surface area contributed by atoms with Crippen molar-refractivity contribution in [3.05, 3.63) is 29.3 Å². The van der Waals surface area contributed by atoms with Gasteiger partial charge in [-0.1, -0.05) is 12.1 Å². The van der Waals surface area contributed by atoms with E-state index in [0.29, 0.717) is 6.04 Å². The average Bonchev–Trinajstić information content (AvgIpc) is 2.50. The molecule has 2 heteroatoms. The third-order valence-electron chi connectivity index (χ3n) is 3.50.